The first-order valence-corrected chi connectivity index (χ1v) is 16.8. The fraction of sp³-hybridized carbons (Fsp3) is 0.514. The van der Waals surface area contributed by atoms with E-state index < -0.39 is 29.9 Å². The van der Waals surface area contributed by atoms with E-state index in [1.165, 1.54) is 75.5 Å². The Labute approximate surface area is 266 Å². The zero-order valence-electron chi connectivity index (χ0n) is 26.0. The molecule has 1 fully saturated rings. The van der Waals surface area contributed by atoms with Gasteiger partial charge in [0.15, 0.2) is 5.82 Å². The molecule has 2 aromatic carbocycles. The lowest BCUT2D eigenvalue weighted by Crippen LogP contribution is -2.62. The number of amides is 2. The van der Waals surface area contributed by atoms with E-state index in [-0.39, 0.29) is 10.9 Å². The molecule has 236 valence electrons. The highest BCUT2D eigenvalue weighted by Crippen LogP contribution is 2.25. The minimum Gasteiger partial charge on any atom is -0.385 e. The van der Waals surface area contributed by atoms with Gasteiger partial charge in [0.25, 0.3) is 11.5 Å². The van der Waals surface area contributed by atoms with Gasteiger partial charge in [-0.3, -0.25) is 19.3 Å². The van der Waals surface area contributed by atoms with Crippen molar-refractivity contribution in [3.05, 3.63) is 70.8 Å². The molecule has 0 spiro atoms. The maximum Gasteiger partial charge on any atom is 0.281 e. The number of nitrogens with zero attached hydrogens (tertiary/aromatic N) is 4. The second kappa shape index (κ2) is 17.2. The van der Waals surface area contributed by atoms with Crippen molar-refractivity contribution in [2.24, 2.45) is 0 Å². The molecule has 2 amide bonds. The Morgan fingerprint density at radius 3 is 1.91 bits per heavy atom. The van der Waals surface area contributed by atoms with Crippen molar-refractivity contribution in [1.29, 1.82) is 0 Å². The maximum atomic E-state index is 13.8. The predicted octanol–water partition coefficient (Wildman–Crippen LogP) is 7.49. The molecule has 1 N–H and O–H groups in total. The summed E-state index contributed by atoms with van der Waals surface area (Å²) >= 11 is 5.64. The van der Waals surface area contributed by atoms with Crippen LogP contribution in [0.1, 0.15) is 122 Å². The normalized spacial score (nSPS) is 14.5. The summed E-state index contributed by atoms with van der Waals surface area (Å²) in [7, 11) is 0. The number of aliphatic hydroxyl groups excluding tert-OH is 1. The minimum absolute atomic E-state index is 0.0430. The first-order chi connectivity index (χ1) is 21.4. The molecule has 1 unspecified atom stereocenters. The molecule has 9 heteroatoms. The van der Waals surface area contributed by atoms with Crippen molar-refractivity contribution < 1.29 is 14.7 Å². The van der Waals surface area contributed by atoms with Crippen LogP contribution < -0.4 is 15.5 Å². The summed E-state index contributed by atoms with van der Waals surface area (Å²) in [5.74, 6) is -1.08. The van der Waals surface area contributed by atoms with E-state index in [2.05, 4.69) is 11.9 Å². The monoisotopic (exact) mass is 618 g/mol. The lowest BCUT2D eigenvalue weighted by atomic mass is 10.0. The maximum absolute atomic E-state index is 13.8. The smallest absolute Gasteiger partial charge is 0.281 e. The van der Waals surface area contributed by atoms with Gasteiger partial charge in [-0.2, -0.15) is 9.69 Å². The van der Waals surface area contributed by atoms with Crippen LogP contribution in [0.25, 0.3) is 10.9 Å². The molecule has 4 rings (SSSR count). The molecule has 44 heavy (non-hydrogen) atoms. The Morgan fingerprint density at radius 1 is 0.750 bits per heavy atom. The Balaban J connectivity index is 1.38. The molecule has 0 radical (unpaired) electrons. The molecule has 1 aromatic heterocycles. The van der Waals surface area contributed by atoms with E-state index >= 15 is 0 Å². The van der Waals surface area contributed by atoms with Crippen molar-refractivity contribution in [3.8, 4) is 0 Å². The van der Waals surface area contributed by atoms with Crippen LogP contribution in [-0.2, 0) is 9.59 Å². The molecule has 1 atom stereocenters. The summed E-state index contributed by atoms with van der Waals surface area (Å²) in [6.45, 7) is 2.25. The van der Waals surface area contributed by atoms with E-state index in [4.69, 9.17) is 12.2 Å². The van der Waals surface area contributed by atoms with E-state index in [0.717, 1.165) is 28.9 Å². The number of hydrogen-bond donors (Lipinski definition) is 1. The summed E-state index contributed by atoms with van der Waals surface area (Å²) in [6, 6.07) is 15.6. The highest BCUT2D eigenvalue weighted by Gasteiger charge is 2.39. The van der Waals surface area contributed by atoms with Crippen LogP contribution in [-0.4, -0.2) is 31.7 Å². The van der Waals surface area contributed by atoms with E-state index in [0.29, 0.717) is 23.0 Å². The number of para-hydroxylation sites is 2. The third-order valence-corrected chi connectivity index (χ3v) is 8.64. The second-order valence-corrected chi connectivity index (χ2v) is 12.1. The van der Waals surface area contributed by atoms with Crippen LogP contribution in [0.3, 0.4) is 0 Å². The van der Waals surface area contributed by atoms with E-state index in [9.17, 15) is 19.5 Å². The van der Waals surface area contributed by atoms with Gasteiger partial charge < -0.3 is 5.11 Å². The quantitative estimate of drug-likeness (QED) is 0.0902. The van der Waals surface area contributed by atoms with Gasteiger partial charge in [0.05, 0.1) is 16.6 Å². The van der Waals surface area contributed by atoms with Gasteiger partial charge in [-0.1, -0.05) is 127 Å². The molecular formula is C35H46N4O4S. The first kappa shape index (κ1) is 33.5. The zero-order chi connectivity index (χ0) is 31.3. The summed E-state index contributed by atoms with van der Waals surface area (Å²) in [6.07, 6.45) is 16.1. The third-order valence-electron chi connectivity index (χ3n) is 8.28. The number of aliphatic hydroxyl groups is 1. The van der Waals surface area contributed by atoms with Gasteiger partial charge in [0.1, 0.15) is 12.5 Å². The van der Waals surface area contributed by atoms with Crippen LogP contribution in [0.2, 0.25) is 0 Å². The van der Waals surface area contributed by atoms with Gasteiger partial charge in [0.2, 0.25) is 11.0 Å². The number of benzene rings is 2. The van der Waals surface area contributed by atoms with Crippen LogP contribution in [0.5, 0.6) is 0 Å². The molecule has 8 nitrogen and oxygen atoms in total. The average Bonchev–Trinajstić information content (AvgIpc) is 3.02. The molecule has 1 aliphatic heterocycles. The third kappa shape index (κ3) is 8.60. The van der Waals surface area contributed by atoms with Crippen molar-refractivity contribution >= 4 is 45.7 Å². The highest BCUT2D eigenvalue weighted by atomic mass is 32.1. The number of hydrogen-bond acceptors (Lipinski definition) is 6. The average molecular weight is 619 g/mol. The molecule has 2 heterocycles. The molecule has 0 aliphatic carbocycles. The molecular weight excluding hydrogens is 572 g/mol. The summed E-state index contributed by atoms with van der Waals surface area (Å²) < 4.78 is 1.07. The van der Waals surface area contributed by atoms with E-state index in [1.54, 1.807) is 48.5 Å². The number of unbranched alkanes of at least 4 members (excludes halogenated alkanes) is 13. The lowest BCUT2D eigenvalue weighted by Gasteiger charge is -2.36. The topological polar surface area (TPSA) is 95.7 Å². The number of aromatic nitrogens is 2. The molecule has 0 bridgehead atoms. The minimum atomic E-state index is -1.09. The van der Waals surface area contributed by atoms with Gasteiger partial charge >= 0.3 is 0 Å². The van der Waals surface area contributed by atoms with Gasteiger partial charge in [0, 0.05) is 0 Å². The summed E-state index contributed by atoms with van der Waals surface area (Å²) in [5.41, 5.74) is 0.394. The molecule has 1 saturated heterocycles. The van der Waals surface area contributed by atoms with Crippen molar-refractivity contribution in [1.82, 2.24) is 9.66 Å². The Morgan fingerprint density at radius 2 is 1.30 bits per heavy atom. The van der Waals surface area contributed by atoms with E-state index in [1.807, 2.05) is 6.07 Å². The number of fused-ring (bicyclic) bond motifs is 1. The van der Waals surface area contributed by atoms with Gasteiger partial charge in [-0.25, -0.2) is 4.98 Å². The summed E-state index contributed by atoms with van der Waals surface area (Å²) in [5, 5.41) is 12.5. The fourth-order valence-electron chi connectivity index (χ4n) is 5.83. The Bertz CT molecular complexity index is 1460. The summed E-state index contributed by atoms with van der Waals surface area (Å²) in [4.78, 5) is 45.9. The molecule has 0 saturated carbocycles. The first-order valence-electron chi connectivity index (χ1n) is 16.4. The lowest BCUT2D eigenvalue weighted by molar-refractivity contribution is -0.127. The Hall–Kier alpha value is -3.43. The highest BCUT2D eigenvalue weighted by molar-refractivity contribution is 7.81. The number of carbonyl (C=O) groups excluding carboxylic acids is 2. The van der Waals surface area contributed by atoms with Crippen molar-refractivity contribution in [2.75, 3.05) is 9.91 Å². The zero-order valence-corrected chi connectivity index (χ0v) is 26.8. The van der Waals surface area contributed by atoms with Gasteiger partial charge in [-0.15, -0.1) is 0 Å². The number of carbonyl (C=O) groups is 2. The van der Waals surface area contributed by atoms with Crippen LogP contribution in [0.4, 0.5) is 5.69 Å². The molecule has 3 aromatic rings. The van der Waals surface area contributed by atoms with Crippen LogP contribution in [0, 0.1) is 0 Å². The second-order valence-electron chi connectivity index (χ2n) is 11.7. The Kier molecular flexibility index (Phi) is 13.1. The number of rotatable bonds is 18. The van der Waals surface area contributed by atoms with Crippen LogP contribution >= 0.6 is 12.2 Å². The van der Waals surface area contributed by atoms with Crippen LogP contribution in [0.15, 0.2) is 59.4 Å². The molecule has 1 aliphatic rings. The fourth-order valence-corrected chi connectivity index (χ4v) is 6.22. The standard InChI is InChI=1S/C35H46N4O4S/c1-2-3-4-5-6-7-8-9-10-11-12-13-14-18-25-30(40)33-36-29-24-20-19-23-28(29)34(43)39(33)38-32(42)26-31(41)37(35(38)44)27-21-16-15-17-22-27/h15-17,19-24,30,40H,2-14,18,25-26H2,1H3. The van der Waals surface area contributed by atoms with Crippen molar-refractivity contribution in [3.63, 3.8) is 0 Å². The number of thiocarbonyl (C=S) groups is 1. The number of anilines is 1. The van der Waals surface area contributed by atoms with Crippen molar-refractivity contribution in [2.45, 2.75) is 116 Å². The van der Waals surface area contributed by atoms with Gasteiger partial charge in [-0.05, 0) is 42.9 Å². The predicted molar refractivity (Wildman–Crippen MR) is 180 cm³/mol. The SMILES string of the molecule is CCCCCCCCCCCCCCCCC(O)c1nc2ccccc2c(=O)n1N1C(=O)CC(=O)N(c2ccccc2)C1=S. The largest absolute Gasteiger partial charge is 0.385 e.